The van der Waals surface area contributed by atoms with Crippen LogP contribution in [0.5, 0.6) is 0 Å². The van der Waals surface area contributed by atoms with Crippen LogP contribution < -0.4 is 10.2 Å². The van der Waals surface area contributed by atoms with Gasteiger partial charge in [-0.1, -0.05) is 18.2 Å². The first-order valence-corrected chi connectivity index (χ1v) is 9.31. The third kappa shape index (κ3) is 3.37. The molecule has 0 unspecified atom stereocenters. The highest BCUT2D eigenvalue weighted by Gasteiger charge is 2.25. The van der Waals surface area contributed by atoms with Crippen molar-refractivity contribution in [3.63, 3.8) is 0 Å². The van der Waals surface area contributed by atoms with Crippen LogP contribution in [-0.4, -0.2) is 25.0 Å². The maximum atomic E-state index is 13.3. The Balaban J connectivity index is 1.44. The lowest BCUT2D eigenvalue weighted by molar-refractivity contribution is 0.0955. The standard InChI is InChI=1S/C20H19FN2OS/c21-15-8-9-18-14(11-15)12-19(25-18)20(24)22-13-17-7-4-10-23(17)16-5-2-1-3-6-16/h1-3,5-6,8-9,11-12,17H,4,7,10,13H2,(H,22,24)/t17-/m0/s1. The normalized spacial score (nSPS) is 17.2. The molecule has 3 nitrogen and oxygen atoms in total. The van der Waals surface area contributed by atoms with Gasteiger partial charge in [-0.15, -0.1) is 11.3 Å². The molecule has 1 saturated heterocycles. The molecule has 1 fully saturated rings. The van der Waals surface area contributed by atoms with Crippen molar-refractivity contribution in [3.05, 3.63) is 65.3 Å². The lowest BCUT2D eigenvalue weighted by Gasteiger charge is -2.27. The van der Waals surface area contributed by atoms with Gasteiger partial charge in [0.05, 0.1) is 4.88 Å². The van der Waals surface area contributed by atoms with Crippen molar-refractivity contribution >= 4 is 33.0 Å². The van der Waals surface area contributed by atoms with E-state index in [1.54, 1.807) is 12.1 Å². The second kappa shape index (κ2) is 6.84. The van der Waals surface area contributed by atoms with Gasteiger partial charge >= 0.3 is 0 Å². The first kappa shape index (κ1) is 16.1. The number of nitrogens with one attached hydrogen (secondary N) is 1. The Morgan fingerprint density at radius 1 is 1.20 bits per heavy atom. The van der Waals surface area contributed by atoms with Crippen molar-refractivity contribution in [2.45, 2.75) is 18.9 Å². The molecule has 1 aliphatic rings. The number of benzene rings is 2. The Kier molecular flexibility index (Phi) is 4.40. The average molecular weight is 354 g/mol. The molecule has 0 spiro atoms. The highest BCUT2D eigenvalue weighted by molar-refractivity contribution is 7.20. The van der Waals surface area contributed by atoms with E-state index in [1.807, 2.05) is 18.2 Å². The third-order valence-corrected chi connectivity index (χ3v) is 5.78. The number of rotatable bonds is 4. The maximum Gasteiger partial charge on any atom is 0.261 e. The summed E-state index contributed by atoms with van der Waals surface area (Å²) in [6.45, 7) is 1.64. The van der Waals surface area contributed by atoms with Crippen molar-refractivity contribution in [1.29, 1.82) is 0 Å². The number of thiophene rings is 1. The molecule has 4 rings (SSSR count). The van der Waals surface area contributed by atoms with E-state index in [0.717, 1.165) is 29.5 Å². The van der Waals surface area contributed by atoms with Crippen molar-refractivity contribution in [2.24, 2.45) is 0 Å². The van der Waals surface area contributed by atoms with Gasteiger partial charge in [0.2, 0.25) is 0 Å². The number of carbonyl (C=O) groups is 1. The molecule has 0 bridgehead atoms. The van der Waals surface area contributed by atoms with Gasteiger partial charge in [-0.25, -0.2) is 4.39 Å². The smallest absolute Gasteiger partial charge is 0.261 e. The molecule has 25 heavy (non-hydrogen) atoms. The number of fused-ring (bicyclic) bond motifs is 1. The minimum absolute atomic E-state index is 0.0819. The largest absolute Gasteiger partial charge is 0.367 e. The van der Waals surface area contributed by atoms with E-state index in [2.05, 4.69) is 22.3 Å². The molecular formula is C20H19FN2OS. The predicted molar refractivity (Wildman–Crippen MR) is 101 cm³/mol. The number of halogens is 1. The van der Waals surface area contributed by atoms with Gasteiger partial charge < -0.3 is 10.2 Å². The minimum Gasteiger partial charge on any atom is -0.367 e. The summed E-state index contributed by atoms with van der Waals surface area (Å²) >= 11 is 1.40. The summed E-state index contributed by atoms with van der Waals surface area (Å²) in [5.41, 5.74) is 1.21. The Hall–Kier alpha value is -2.40. The second-order valence-electron chi connectivity index (χ2n) is 6.33. The number of hydrogen-bond acceptors (Lipinski definition) is 3. The molecule has 0 radical (unpaired) electrons. The molecule has 0 saturated carbocycles. The quantitative estimate of drug-likeness (QED) is 0.751. The van der Waals surface area contributed by atoms with E-state index < -0.39 is 0 Å². The van der Waals surface area contributed by atoms with E-state index in [9.17, 15) is 9.18 Å². The topological polar surface area (TPSA) is 32.3 Å². The van der Waals surface area contributed by atoms with E-state index in [4.69, 9.17) is 0 Å². The molecule has 0 aliphatic carbocycles. The summed E-state index contributed by atoms with van der Waals surface area (Å²) < 4.78 is 14.2. The number of amides is 1. The zero-order chi connectivity index (χ0) is 17.2. The predicted octanol–water partition coefficient (Wildman–Crippen LogP) is 4.44. The van der Waals surface area contributed by atoms with E-state index >= 15 is 0 Å². The number of nitrogens with zero attached hydrogens (tertiary/aromatic N) is 1. The number of anilines is 1. The van der Waals surface area contributed by atoms with Gasteiger partial charge in [0.1, 0.15) is 5.82 Å². The van der Waals surface area contributed by atoms with Crippen molar-refractivity contribution in [2.75, 3.05) is 18.0 Å². The van der Waals surface area contributed by atoms with Gasteiger partial charge in [0.25, 0.3) is 5.91 Å². The molecule has 1 atom stereocenters. The van der Waals surface area contributed by atoms with E-state index in [0.29, 0.717) is 17.5 Å². The van der Waals surface area contributed by atoms with Gasteiger partial charge in [-0.05, 0) is 54.6 Å². The molecule has 1 aliphatic heterocycles. The molecule has 1 amide bonds. The summed E-state index contributed by atoms with van der Waals surface area (Å²) in [6, 6.07) is 17.0. The molecule has 1 aromatic heterocycles. The van der Waals surface area contributed by atoms with Crippen molar-refractivity contribution < 1.29 is 9.18 Å². The molecule has 2 aromatic carbocycles. The summed E-state index contributed by atoms with van der Waals surface area (Å²) in [5, 5.41) is 3.83. The van der Waals surface area contributed by atoms with Crippen LogP contribution in [0.1, 0.15) is 22.5 Å². The van der Waals surface area contributed by atoms with Crippen LogP contribution in [0.15, 0.2) is 54.6 Å². The molecule has 5 heteroatoms. The highest BCUT2D eigenvalue weighted by Crippen LogP contribution is 2.27. The Morgan fingerprint density at radius 2 is 2.04 bits per heavy atom. The Labute approximate surface area is 150 Å². The Morgan fingerprint density at radius 3 is 2.88 bits per heavy atom. The van der Waals surface area contributed by atoms with Crippen LogP contribution in [0.25, 0.3) is 10.1 Å². The SMILES string of the molecule is O=C(NC[C@@H]1CCCN1c1ccccc1)c1cc2cc(F)ccc2s1. The number of carbonyl (C=O) groups excluding carboxylic acids is 1. The highest BCUT2D eigenvalue weighted by atomic mass is 32.1. The van der Waals surface area contributed by atoms with Crippen LogP contribution >= 0.6 is 11.3 Å². The fourth-order valence-corrected chi connectivity index (χ4v) is 4.39. The first-order chi connectivity index (χ1) is 12.2. The zero-order valence-corrected chi connectivity index (χ0v) is 14.6. The van der Waals surface area contributed by atoms with Crippen LogP contribution in [0.4, 0.5) is 10.1 Å². The van der Waals surface area contributed by atoms with Gasteiger partial charge in [-0.3, -0.25) is 4.79 Å². The van der Waals surface area contributed by atoms with E-state index in [1.165, 1.54) is 29.2 Å². The molecule has 2 heterocycles. The van der Waals surface area contributed by atoms with Crippen LogP contribution in [0.3, 0.4) is 0 Å². The number of hydrogen-bond donors (Lipinski definition) is 1. The van der Waals surface area contributed by atoms with Crippen LogP contribution in [-0.2, 0) is 0 Å². The van der Waals surface area contributed by atoms with Gasteiger partial charge in [0.15, 0.2) is 0 Å². The van der Waals surface area contributed by atoms with Crippen molar-refractivity contribution in [3.8, 4) is 0 Å². The maximum absolute atomic E-state index is 13.3. The van der Waals surface area contributed by atoms with Crippen molar-refractivity contribution in [1.82, 2.24) is 5.32 Å². The fourth-order valence-electron chi connectivity index (χ4n) is 3.43. The zero-order valence-electron chi connectivity index (χ0n) is 13.7. The summed E-state index contributed by atoms with van der Waals surface area (Å²) in [4.78, 5) is 15.5. The van der Waals surface area contributed by atoms with E-state index in [-0.39, 0.29) is 11.7 Å². The minimum atomic E-state index is -0.276. The monoisotopic (exact) mass is 354 g/mol. The molecular weight excluding hydrogens is 335 g/mol. The second-order valence-corrected chi connectivity index (χ2v) is 7.41. The fraction of sp³-hybridized carbons (Fsp3) is 0.250. The Bertz CT molecular complexity index is 893. The lowest BCUT2D eigenvalue weighted by atomic mass is 10.2. The van der Waals surface area contributed by atoms with Gasteiger partial charge in [0, 0.05) is 29.5 Å². The summed E-state index contributed by atoms with van der Waals surface area (Å²) in [5.74, 6) is -0.358. The van der Waals surface area contributed by atoms with Crippen LogP contribution in [0.2, 0.25) is 0 Å². The molecule has 128 valence electrons. The van der Waals surface area contributed by atoms with Crippen LogP contribution in [0, 0.1) is 5.82 Å². The number of para-hydroxylation sites is 1. The average Bonchev–Trinajstić information content (AvgIpc) is 3.26. The lowest BCUT2D eigenvalue weighted by Crippen LogP contribution is -2.40. The molecule has 1 N–H and O–H groups in total. The molecule has 3 aromatic rings. The first-order valence-electron chi connectivity index (χ1n) is 8.50. The third-order valence-electron chi connectivity index (χ3n) is 4.67. The summed E-state index contributed by atoms with van der Waals surface area (Å²) in [6.07, 6.45) is 2.21. The van der Waals surface area contributed by atoms with Gasteiger partial charge in [-0.2, -0.15) is 0 Å². The summed E-state index contributed by atoms with van der Waals surface area (Å²) in [7, 11) is 0.